The first-order valence-electron chi connectivity index (χ1n) is 7.33. The van der Waals surface area contributed by atoms with E-state index in [9.17, 15) is 0 Å². The molecule has 1 unspecified atom stereocenters. The van der Waals surface area contributed by atoms with E-state index in [-0.39, 0.29) is 6.04 Å². The number of ether oxygens (including phenoxy) is 1. The Labute approximate surface area is 125 Å². The van der Waals surface area contributed by atoms with Gasteiger partial charge >= 0.3 is 0 Å². The van der Waals surface area contributed by atoms with Crippen LogP contribution in [0.1, 0.15) is 24.1 Å². The molecule has 2 heterocycles. The van der Waals surface area contributed by atoms with Crippen LogP contribution in [0.25, 0.3) is 0 Å². The molecule has 1 atom stereocenters. The summed E-state index contributed by atoms with van der Waals surface area (Å²) in [5, 5.41) is 0. The lowest BCUT2D eigenvalue weighted by Crippen LogP contribution is -2.33. The van der Waals surface area contributed by atoms with Crippen molar-refractivity contribution in [3.63, 3.8) is 0 Å². The second-order valence-corrected chi connectivity index (χ2v) is 5.60. The van der Waals surface area contributed by atoms with E-state index in [1.54, 1.807) is 7.11 Å². The van der Waals surface area contributed by atoms with Gasteiger partial charge in [0.15, 0.2) is 0 Å². The number of nitrogens with two attached hydrogens (primary N) is 1. The van der Waals surface area contributed by atoms with E-state index in [1.165, 1.54) is 11.1 Å². The topological polar surface area (TPSA) is 56.3 Å². The van der Waals surface area contributed by atoms with Crippen molar-refractivity contribution in [1.82, 2.24) is 9.55 Å². The van der Waals surface area contributed by atoms with Crippen LogP contribution >= 0.6 is 0 Å². The number of hydrogen-bond donors (Lipinski definition) is 1. The highest BCUT2D eigenvalue weighted by Crippen LogP contribution is 2.28. The molecule has 0 radical (unpaired) electrons. The van der Waals surface area contributed by atoms with Crippen LogP contribution in [-0.4, -0.2) is 29.8 Å². The van der Waals surface area contributed by atoms with Crippen molar-refractivity contribution in [2.75, 3.05) is 30.9 Å². The van der Waals surface area contributed by atoms with Gasteiger partial charge in [-0.25, -0.2) is 4.98 Å². The summed E-state index contributed by atoms with van der Waals surface area (Å²) in [4.78, 5) is 6.85. The highest BCUT2D eigenvalue weighted by Gasteiger charge is 2.22. The molecule has 1 aromatic carbocycles. The molecule has 21 heavy (non-hydrogen) atoms. The van der Waals surface area contributed by atoms with Crippen LogP contribution in [0.2, 0.25) is 0 Å². The summed E-state index contributed by atoms with van der Waals surface area (Å²) in [6, 6.07) is 6.44. The van der Waals surface area contributed by atoms with Gasteiger partial charge in [-0.1, -0.05) is 12.1 Å². The number of methoxy groups -OCH3 is 1. The first-order valence-corrected chi connectivity index (χ1v) is 7.33. The van der Waals surface area contributed by atoms with Crippen LogP contribution in [0.15, 0.2) is 30.6 Å². The first-order chi connectivity index (χ1) is 10.2. The van der Waals surface area contributed by atoms with Crippen LogP contribution in [0.3, 0.4) is 0 Å². The maximum absolute atomic E-state index is 6.07. The zero-order valence-corrected chi connectivity index (χ0v) is 12.6. The molecule has 0 bridgehead atoms. The summed E-state index contributed by atoms with van der Waals surface area (Å²) in [6.45, 7) is 4.63. The molecule has 1 aliphatic heterocycles. The molecular formula is C16H22N4O. The maximum Gasteiger partial charge on any atom is 0.206 e. The van der Waals surface area contributed by atoms with Crippen LogP contribution in [0.5, 0.6) is 0 Å². The Kier molecular flexibility index (Phi) is 3.84. The number of aromatic nitrogens is 2. The summed E-state index contributed by atoms with van der Waals surface area (Å²) in [7, 11) is 1.73. The second kappa shape index (κ2) is 5.77. The van der Waals surface area contributed by atoms with Crippen molar-refractivity contribution in [3.05, 3.63) is 41.7 Å². The Morgan fingerprint density at radius 3 is 3.10 bits per heavy atom. The van der Waals surface area contributed by atoms with E-state index in [4.69, 9.17) is 10.5 Å². The number of nitrogens with zero attached hydrogens (tertiary/aromatic N) is 3. The Morgan fingerprint density at radius 2 is 2.29 bits per heavy atom. The number of benzene rings is 1. The fourth-order valence-electron chi connectivity index (χ4n) is 3.03. The Morgan fingerprint density at radius 1 is 1.43 bits per heavy atom. The summed E-state index contributed by atoms with van der Waals surface area (Å²) in [5.41, 5.74) is 9.56. The standard InChI is InChI=1S/C16H22N4O/c1-12(11-21-2)20-9-7-18-16(20)19-8-6-14-13(10-19)4-3-5-15(14)17/h3-5,7,9,12H,6,8,10-11,17H2,1-2H3. The average molecular weight is 286 g/mol. The minimum absolute atomic E-state index is 0.273. The smallest absolute Gasteiger partial charge is 0.206 e. The normalized spacial score (nSPS) is 15.8. The van der Waals surface area contributed by atoms with Crippen molar-refractivity contribution in [2.24, 2.45) is 0 Å². The fraction of sp³-hybridized carbons (Fsp3) is 0.438. The third-order valence-corrected chi connectivity index (χ3v) is 4.12. The van der Waals surface area contributed by atoms with E-state index in [1.807, 2.05) is 24.5 Å². The molecule has 0 saturated carbocycles. The van der Waals surface area contributed by atoms with E-state index >= 15 is 0 Å². The van der Waals surface area contributed by atoms with E-state index in [2.05, 4.69) is 27.4 Å². The fourth-order valence-corrected chi connectivity index (χ4v) is 3.03. The van der Waals surface area contributed by atoms with Gasteiger partial charge in [0, 0.05) is 38.3 Å². The molecule has 2 aromatic rings. The molecule has 1 aliphatic rings. The average Bonchev–Trinajstić information content (AvgIpc) is 2.97. The highest BCUT2D eigenvalue weighted by molar-refractivity contribution is 5.54. The molecule has 0 fully saturated rings. The lowest BCUT2D eigenvalue weighted by atomic mass is 9.98. The largest absolute Gasteiger partial charge is 0.398 e. The van der Waals surface area contributed by atoms with Crippen LogP contribution in [-0.2, 0) is 17.7 Å². The van der Waals surface area contributed by atoms with E-state index in [0.717, 1.165) is 31.1 Å². The number of nitrogen functional groups attached to an aromatic ring is 1. The highest BCUT2D eigenvalue weighted by atomic mass is 16.5. The summed E-state index contributed by atoms with van der Waals surface area (Å²) >= 11 is 0. The number of rotatable bonds is 4. The molecule has 0 saturated heterocycles. The van der Waals surface area contributed by atoms with Gasteiger partial charge in [-0.2, -0.15) is 0 Å². The molecule has 1 aromatic heterocycles. The first kappa shape index (κ1) is 13.9. The van der Waals surface area contributed by atoms with Crippen molar-refractivity contribution >= 4 is 11.6 Å². The molecule has 5 nitrogen and oxygen atoms in total. The Bertz CT molecular complexity index is 622. The molecule has 5 heteroatoms. The van der Waals surface area contributed by atoms with Gasteiger partial charge in [0.05, 0.1) is 12.6 Å². The minimum Gasteiger partial charge on any atom is -0.398 e. The molecule has 112 valence electrons. The Balaban J connectivity index is 1.85. The number of imidazole rings is 1. The van der Waals surface area contributed by atoms with Gasteiger partial charge in [-0.3, -0.25) is 0 Å². The molecule has 2 N–H and O–H groups in total. The number of fused-ring (bicyclic) bond motifs is 1. The van der Waals surface area contributed by atoms with Gasteiger partial charge in [0.1, 0.15) is 0 Å². The lowest BCUT2D eigenvalue weighted by Gasteiger charge is -2.31. The van der Waals surface area contributed by atoms with Crippen molar-refractivity contribution < 1.29 is 4.74 Å². The van der Waals surface area contributed by atoms with Crippen LogP contribution < -0.4 is 10.6 Å². The molecule has 0 spiro atoms. The third-order valence-electron chi connectivity index (χ3n) is 4.12. The quantitative estimate of drug-likeness (QED) is 0.876. The van der Waals surface area contributed by atoms with Crippen LogP contribution in [0.4, 0.5) is 11.6 Å². The van der Waals surface area contributed by atoms with Crippen molar-refractivity contribution in [3.8, 4) is 0 Å². The molecule has 3 rings (SSSR count). The Hall–Kier alpha value is -2.01. The van der Waals surface area contributed by atoms with Crippen LogP contribution in [0, 0.1) is 0 Å². The van der Waals surface area contributed by atoms with E-state index in [0.29, 0.717) is 6.61 Å². The van der Waals surface area contributed by atoms with Crippen molar-refractivity contribution in [2.45, 2.75) is 25.9 Å². The summed E-state index contributed by atoms with van der Waals surface area (Å²) in [6.07, 6.45) is 4.85. The van der Waals surface area contributed by atoms with E-state index < -0.39 is 0 Å². The second-order valence-electron chi connectivity index (χ2n) is 5.60. The lowest BCUT2D eigenvalue weighted by molar-refractivity contribution is 0.162. The maximum atomic E-state index is 6.07. The predicted octanol–water partition coefficient (Wildman–Crippen LogP) is 2.24. The third kappa shape index (κ3) is 2.61. The molecule has 0 aliphatic carbocycles. The van der Waals surface area contributed by atoms with Crippen molar-refractivity contribution in [1.29, 1.82) is 0 Å². The monoisotopic (exact) mass is 286 g/mol. The van der Waals surface area contributed by atoms with Gasteiger partial charge in [0.25, 0.3) is 0 Å². The minimum atomic E-state index is 0.273. The van der Waals surface area contributed by atoms with Gasteiger partial charge < -0.3 is 19.9 Å². The zero-order valence-electron chi connectivity index (χ0n) is 12.6. The summed E-state index contributed by atoms with van der Waals surface area (Å²) in [5.74, 6) is 1.01. The van der Waals surface area contributed by atoms with Gasteiger partial charge in [-0.15, -0.1) is 0 Å². The number of hydrogen-bond acceptors (Lipinski definition) is 4. The molecular weight excluding hydrogens is 264 g/mol. The summed E-state index contributed by atoms with van der Waals surface area (Å²) < 4.78 is 7.44. The SMILES string of the molecule is COCC(C)n1ccnc1N1CCc2c(N)cccc2C1. The molecule has 0 amide bonds. The number of anilines is 2. The predicted molar refractivity (Wildman–Crippen MR) is 84.4 cm³/mol. The van der Waals surface area contributed by atoms with Gasteiger partial charge in [0.2, 0.25) is 5.95 Å². The zero-order chi connectivity index (χ0) is 14.8. The van der Waals surface area contributed by atoms with Gasteiger partial charge in [-0.05, 0) is 30.5 Å².